The molecule has 1 aromatic heterocycles. The Balaban J connectivity index is 0.000000861. The number of thiazole rings is 1. The van der Waals surface area contributed by atoms with Crippen molar-refractivity contribution in [3.63, 3.8) is 0 Å². The summed E-state index contributed by atoms with van der Waals surface area (Å²) in [5, 5.41) is 11.5. The minimum Gasteiger partial charge on any atom is -0.479 e. The van der Waals surface area contributed by atoms with Gasteiger partial charge in [-0.2, -0.15) is 0 Å². The third kappa shape index (κ3) is 3.87. The molecule has 1 N–H and O–H groups in total. The molecule has 0 saturated carbocycles. The lowest BCUT2D eigenvalue weighted by Crippen LogP contribution is -2.13. The van der Waals surface area contributed by atoms with E-state index in [2.05, 4.69) is 4.98 Å². The predicted octanol–water partition coefficient (Wildman–Crippen LogP) is 3.61. The van der Waals surface area contributed by atoms with Gasteiger partial charge in [0.25, 0.3) is 0 Å². The number of nitrogens with zero attached hydrogens (tertiary/aromatic N) is 1. The van der Waals surface area contributed by atoms with Crippen LogP contribution in [0.4, 0.5) is 0 Å². The van der Waals surface area contributed by atoms with E-state index in [0.29, 0.717) is 5.69 Å². The first-order chi connectivity index (χ1) is 9.22. The second-order valence-corrected chi connectivity index (χ2v) is 4.26. The highest BCUT2D eigenvalue weighted by atomic mass is 32.1. The first-order valence-electron chi connectivity index (χ1n) is 5.99. The van der Waals surface area contributed by atoms with Crippen LogP contribution >= 0.6 is 11.3 Å². The molecule has 0 saturated heterocycles. The van der Waals surface area contributed by atoms with Crippen molar-refractivity contribution < 1.29 is 14.6 Å². The summed E-state index contributed by atoms with van der Waals surface area (Å²) in [5.74, 6) is -1.03. The third-order valence-electron chi connectivity index (χ3n) is 2.27. The van der Waals surface area contributed by atoms with Gasteiger partial charge in [-0.1, -0.05) is 44.2 Å². The highest BCUT2D eigenvalue weighted by Crippen LogP contribution is 2.27. The molecule has 0 radical (unpaired) electrons. The van der Waals surface area contributed by atoms with E-state index in [9.17, 15) is 4.79 Å². The van der Waals surface area contributed by atoms with Crippen LogP contribution in [0.25, 0.3) is 10.6 Å². The molecule has 1 heterocycles. The van der Waals surface area contributed by atoms with Crippen molar-refractivity contribution in [1.82, 2.24) is 4.98 Å². The zero-order chi connectivity index (χ0) is 14.3. The first-order valence-corrected chi connectivity index (χ1v) is 6.87. The summed E-state index contributed by atoms with van der Waals surface area (Å²) in [4.78, 5) is 15.2. The Kier molecular flexibility index (Phi) is 6.18. The van der Waals surface area contributed by atoms with E-state index in [0.717, 1.165) is 10.6 Å². The molecule has 5 heteroatoms. The number of ether oxygens (including phenoxy) is 1. The molecule has 2 aromatic rings. The quantitative estimate of drug-likeness (QED) is 0.928. The van der Waals surface area contributed by atoms with Gasteiger partial charge in [0, 0.05) is 18.1 Å². The largest absolute Gasteiger partial charge is 0.479 e. The van der Waals surface area contributed by atoms with E-state index < -0.39 is 12.1 Å². The number of hydrogen-bond acceptors (Lipinski definition) is 4. The van der Waals surface area contributed by atoms with Gasteiger partial charge in [-0.25, -0.2) is 9.78 Å². The van der Waals surface area contributed by atoms with Crippen molar-refractivity contribution in [2.75, 3.05) is 7.11 Å². The van der Waals surface area contributed by atoms with Gasteiger partial charge in [0.05, 0.1) is 5.69 Å². The van der Waals surface area contributed by atoms with Gasteiger partial charge in [-0.15, -0.1) is 11.3 Å². The summed E-state index contributed by atoms with van der Waals surface area (Å²) >= 11 is 1.41. The van der Waals surface area contributed by atoms with Gasteiger partial charge in [0.15, 0.2) is 6.10 Å². The standard InChI is InChI=1S/C12H11NO3S.C2H6/c1-16-10(12(14)15)9-7-17-11(13-9)8-5-3-2-4-6-8;1-2/h2-7,10H,1H3,(H,14,15);1-2H3. The van der Waals surface area contributed by atoms with Crippen LogP contribution in [-0.2, 0) is 9.53 Å². The number of carboxylic acids is 1. The summed E-state index contributed by atoms with van der Waals surface area (Å²) in [7, 11) is 1.36. The summed E-state index contributed by atoms with van der Waals surface area (Å²) in [6.45, 7) is 4.00. The van der Waals surface area contributed by atoms with Crippen molar-refractivity contribution in [1.29, 1.82) is 0 Å². The molecule has 0 spiro atoms. The van der Waals surface area contributed by atoms with Crippen LogP contribution in [0.1, 0.15) is 25.6 Å². The fourth-order valence-corrected chi connectivity index (χ4v) is 2.31. The van der Waals surface area contributed by atoms with Crippen LogP contribution in [0.2, 0.25) is 0 Å². The van der Waals surface area contributed by atoms with Gasteiger partial charge in [0.2, 0.25) is 0 Å². The molecule has 0 aliphatic carbocycles. The number of benzene rings is 1. The molecule has 0 amide bonds. The summed E-state index contributed by atoms with van der Waals surface area (Å²) in [6.07, 6.45) is -0.997. The third-order valence-corrected chi connectivity index (χ3v) is 3.18. The number of methoxy groups -OCH3 is 1. The number of carbonyl (C=O) groups is 1. The fraction of sp³-hybridized carbons (Fsp3) is 0.286. The van der Waals surface area contributed by atoms with Crippen LogP contribution in [0.3, 0.4) is 0 Å². The summed E-state index contributed by atoms with van der Waals surface area (Å²) < 4.78 is 4.89. The molecule has 4 nitrogen and oxygen atoms in total. The van der Waals surface area contributed by atoms with Crippen LogP contribution in [0, 0.1) is 0 Å². The maximum atomic E-state index is 10.9. The number of aromatic nitrogens is 1. The van der Waals surface area contributed by atoms with Crippen molar-refractivity contribution in [3.05, 3.63) is 41.4 Å². The van der Waals surface area contributed by atoms with E-state index in [1.807, 2.05) is 44.2 Å². The maximum absolute atomic E-state index is 10.9. The number of aliphatic carboxylic acids is 1. The summed E-state index contributed by atoms with van der Waals surface area (Å²) in [6, 6.07) is 9.63. The van der Waals surface area contributed by atoms with Crippen LogP contribution in [-0.4, -0.2) is 23.2 Å². The zero-order valence-electron chi connectivity index (χ0n) is 11.2. The monoisotopic (exact) mass is 279 g/mol. The Morgan fingerprint density at radius 3 is 2.47 bits per heavy atom. The average Bonchev–Trinajstić information content (AvgIpc) is 2.92. The van der Waals surface area contributed by atoms with Crippen LogP contribution in [0.15, 0.2) is 35.7 Å². The van der Waals surface area contributed by atoms with E-state index in [-0.39, 0.29) is 0 Å². The van der Waals surface area contributed by atoms with Crippen molar-refractivity contribution >= 4 is 17.3 Å². The Morgan fingerprint density at radius 1 is 1.32 bits per heavy atom. The lowest BCUT2D eigenvalue weighted by molar-refractivity contribution is -0.149. The Labute approximate surface area is 116 Å². The van der Waals surface area contributed by atoms with E-state index in [1.165, 1.54) is 18.4 Å². The van der Waals surface area contributed by atoms with Crippen molar-refractivity contribution in [3.8, 4) is 10.6 Å². The van der Waals surface area contributed by atoms with Crippen LogP contribution < -0.4 is 0 Å². The van der Waals surface area contributed by atoms with Crippen molar-refractivity contribution in [2.45, 2.75) is 20.0 Å². The van der Waals surface area contributed by atoms with Crippen molar-refractivity contribution in [2.24, 2.45) is 0 Å². The lowest BCUT2D eigenvalue weighted by atomic mass is 10.2. The smallest absolute Gasteiger partial charge is 0.339 e. The molecule has 1 atom stereocenters. The first kappa shape index (κ1) is 15.3. The second-order valence-electron chi connectivity index (χ2n) is 3.40. The molecule has 0 aliphatic heterocycles. The minimum atomic E-state index is -1.03. The highest BCUT2D eigenvalue weighted by molar-refractivity contribution is 7.13. The Morgan fingerprint density at radius 2 is 1.95 bits per heavy atom. The van der Waals surface area contributed by atoms with Gasteiger partial charge < -0.3 is 9.84 Å². The SMILES string of the molecule is CC.COC(C(=O)O)c1csc(-c2ccccc2)n1. The molecule has 0 aliphatic rings. The van der Waals surface area contributed by atoms with Gasteiger partial charge in [-0.3, -0.25) is 0 Å². The minimum absolute atomic E-state index is 0.434. The summed E-state index contributed by atoms with van der Waals surface area (Å²) in [5.41, 5.74) is 1.41. The Hall–Kier alpha value is -1.72. The second kappa shape index (κ2) is 7.66. The number of carboxylic acid groups (broad SMARTS) is 1. The molecule has 19 heavy (non-hydrogen) atoms. The van der Waals surface area contributed by atoms with E-state index in [1.54, 1.807) is 5.38 Å². The highest BCUT2D eigenvalue weighted by Gasteiger charge is 2.22. The average molecular weight is 279 g/mol. The number of rotatable bonds is 4. The predicted molar refractivity (Wildman–Crippen MR) is 76.3 cm³/mol. The molecule has 2 rings (SSSR count). The van der Waals surface area contributed by atoms with Gasteiger partial charge in [0.1, 0.15) is 5.01 Å². The topological polar surface area (TPSA) is 59.4 Å². The molecular formula is C14H17NO3S. The van der Waals surface area contributed by atoms with Gasteiger partial charge >= 0.3 is 5.97 Å². The number of hydrogen-bond donors (Lipinski definition) is 1. The van der Waals surface area contributed by atoms with Crippen LogP contribution in [0.5, 0.6) is 0 Å². The molecular weight excluding hydrogens is 262 g/mol. The molecule has 0 fully saturated rings. The van der Waals surface area contributed by atoms with E-state index >= 15 is 0 Å². The zero-order valence-corrected chi connectivity index (χ0v) is 12.0. The Bertz CT molecular complexity index is 510. The maximum Gasteiger partial charge on any atom is 0.339 e. The molecule has 1 unspecified atom stereocenters. The van der Waals surface area contributed by atoms with E-state index in [4.69, 9.17) is 9.84 Å². The molecule has 102 valence electrons. The van der Waals surface area contributed by atoms with Gasteiger partial charge in [-0.05, 0) is 0 Å². The fourth-order valence-electron chi connectivity index (χ4n) is 1.47. The molecule has 0 bridgehead atoms. The normalized spacial score (nSPS) is 11.3. The molecule has 1 aromatic carbocycles. The lowest BCUT2D eigenvalue weighted by Gasteiger charge is -2.06.